The zero-order valence-electron chi connectivity index (χ0n) is 10.5. The van der Waals surface area contributed by atoms with Crippen molar-refractivity contribution in [1.29, 1.82) is 0 Å². The first kappa shape index (κ1) is 14.1. The SMILES string of the molecule is Cc1cc(CNC(=O)c2ccc(C(F)(F)F)cc2)no1. The number of amides is 1. The van der Waals surface area contributed by atoms with Crippen LogP contribution in [0.2, 0.25) is 0 Å². The van der Waals surface area contributed by atoms with Gasteiger partial charge in [0.1, 0.15) is 11.5 Å². The molecule has 0 spiro atoms. The fourth-order valence-corrected chi connectivity index (χ4v) is 1.58. The van der Waals surface area contributed by atoms with Gasteiger partial charge in [0, 0.05) is 11.6 Å². The predicted molar refractivity (Wildman–Crippen MR) is 63.9 cm³/mol. The first-order valence-corrected chi connectivity index (χ1v) is 5.74. The fraction of sp³-hybridized carbons (Fsp3) is 0.231. The number of aromatic nitrogens is 1. The monoisotopic (exact) mass is 284 g/mol. The topological polar surface area (TPSA) is 55.1 Å². The van der Waals surface area contributed by atoms with Crippen molar-refractivity contribution in [3.63, 3.8) is 0 Å². The maximum Gasteiger partial charge on any atom is 0.416 e. The van der Waals surface area contributed by atoms with Gasteiger partial charge in [-0.15, -0.1) is 0 Å². The first-order valence-electron chi connectivity index (χ1n) is 5.74. The molecule has 0 aliphatic rings. The number of carbonyl (C=O) groups is 1. The van der Waals surface area contributed by atoms with Gasteiger partial charge < -0.3 is 9.84 Å². The molecule has 0 fully saturated rings. The van der Waals surface area contributed by atoms with Gasteiger partial charge in [-0.1, -0.05) is 5.16 Å². The van der Waals surface area contributed by atoms with Crippen molar-refractivity contribution in [1.82, 2.24) is 10.5 Å². The molecule has 4 nitrogen and oxygen atoms in total. The van der Waals surface area contributed by atoms with Crippen molar-refractivity contribution in [2.24, 2.45) is 0 Å². The second kappa shape index (κ2) is 5.36. The highest BCUT2D eigenvalue weighted by atomic mass is 19.4. The molecule has 0 radical (unpaired) electrons. The van der Waals surface area contributed by atoms with E-state index in [0.717, 1.165) is 24.3 Å². The minimum Gasteiger partial charge on any atom is -0.361 e. The molecule has 2 rings (SSSR count). The van der Waals surface area contributed by atoms with E-state index in [2.05, 4.69) is 10.5 Å². The molecule has 1 amide bonds. The van der Waals surface area contributed by atoms with Crippen LogP contribution >= 0.6 is 0 Å². The smallest absolute Gasteiger partial charge is 0.361 e. The Morgan fingerprint density at radius 3 is 2.45 bits per heavy atom. The number of hydrogen-bond donors (Lipinski definition) is 1. The lowest BCUT2D eigenvalue weighted by molar-refractivity contribution is -0.137. The summed E-state index contributed by atoms with van der Waals surface area (Å²) in [4.78, 5) is 11.7. The van der Waals surface area contributed by atoms with Crippen molar-refractivity contribution < 1.29 is 22.5 Å². The summed E-state index contributed by atoms with van der Waals surface area (Å²) in [6.45, 7) is 1.87. The summed E-state index contributed by atoms with van der Waals surface area (Å²) in [6.07, 6.45) is -4.41. The minimum absolute atomic E-state index is 0.150. The van der Waals surface area contributed by atoms with Gasteiger partial charge in [0.25, 0.3) is 5.91 Å². The van der Waals surface area contributed by atoms with Crippen LogP contribution in [0.25, 0.3) is 0 Å². The number of alkyl halides is 3. The molecule has 0 atom stereocenters. The molecule has 2 aromatic rings. The molecule has 1 aromatic carbocycles. The molecule has 0 aliphatic carbocycles. The lowest BCUT2D eigenvalue weighted by atomic mass is 10.1. The Kier molecular flexibility index (Phi) is 3.78. The van der Waals surface area contributed by atoms with Crippen LogP contribution in [0.3, 0.4) is 0 Å². The number of nitrogens with zero attached hydrogens (tertiary/aromatic N) is 1. The molecular weight excluding hydrogens is 273 g/mol. The molecule has 7 heteroatoms. The second-order valence-electron chi connectivity index (χ2n) is 4.19. The van der Waals surface area contributed by atoms with Crippen molar-refractivity contribution in [2.75, 3.05) is 0 Å². The summed E-state index contributed by atoms with van der Waals surface area (Å²) >= 11 is 0. The van der Waals surface area contributed by atoms with E-state index in [9.17, 15) is 18.0 Å². The van der Waals surface area contributed by atoms with E-state index in [1.165, 1.54) is 0 Å². The molecule has 0 saturated heterocycles. The van der Waals surface area contributed by atoms with E-state index >= 15 is 0 Å². The molecule has 0 saturated carbocycles. The molecule has 1 N–H and O–H groups in total. The Bertz CT molecular complexity index is 603. The van der Waals surface area contributed by atoms with Crippen molar-refractivity contribution >= 4 is 5.91 Å². The summed E-state index contributed by atoms with van der Waals surface area (Å²) in [5.41, 5.74) is -0.0952. The lowest BCUT2D eigenvalue weighted by Crippen LogP contribution is -2.23. The molecule has 106 valence electrons. The number of rotatable bonds is 3. The number of aryl methyl sites for hydroxylation is 1. The second-order valence-corrected chi connectivity index (χ2v) is 4.19. The molecule has 0 unspecified atom stereocenters. The largest absolute Gasteiger partial charge is 0.416 e. The third-order valence-electron chi connectivity index (χ3n) is 2.58. The van der Waals surface area contributed by atoms with Gasteiger partial charge in [-0.05, 0) is 31.2 Å². The summed E-state index contributed by atoms with van der Waals surface area (Å²) in [5, 5.41) is 6.23. The van der Waals surface area contributed by atoms with Gasteiger partial charge in [0.05, 0.1) is 12.1 Å². The van der Waals surface area contributed by atoms with Gasteiger partial charge >= 0.3 is 6.18 Å². The van der Waals surface area contributed by atoms with Gasteiger partial charge in [0.2, 0.25) is 0 Å². The fourth-order valence-electron chi connectivity index (χ4n) is 1.58. The summed E-state index contributed by atoms with van der Waals surface area (Å²) in [6, 6.07) is 5.66. The Hall–Kier alpha value is -2.31. The van der Waals surface area contributed by atoms with Crippen molar-refractivity contribution in [2.45, 2.75) is 19.6 Å². The zero-order chi connectivity index (χ0) is 14.8. The number of carbonyl (C=O) groups excluding carboxylic acids is 1. The van der Waals surface area contributed by atoms with E-state index in [-0.39, 0.29) is 12.1 Å². The number of benzene rings is 1. The Labute approximate surface area is 112 Å². The molecule has 0 bridgehead atoms. The molecule has 1 heterocycles. The average molecular weight is 284 g/mol. The van der Waals surface area contributed by atoms with E-state index in [4.69, 9.17) is 4.52 Å². The normalized spacial score (nSPS) is 11.4. The van der Waals surface area contributed by atoms with Gasteiger partial charge in [-0.3, -0.25) is 4.79 Å². The van der Waals surface area contributed by atoms with Crippen LogP contribution in [0.15, 0.2) is 34.9 Å². The average Bonchev–Trinajstić information content (AvgIpc) is 2.81. The van der Waals surface area contributed by atoms with Crippen molar-refractivity contribution in [3.8, 4) is 0 Å². The first-order chi connectivity index (χ1) is 9.36. The van der Waals surface area contributed by atoms with Crippen LogP contribution in [0.1, 0.15) is 27.4 Å². The summed E-state index contributed by atoms with van der Waals surface area (Å²) in [7, 11) is 0. The van der Waals surface area contributed by atoms with E-state index in [0.29, 0.717) is 11.5 Å². The number of halogens is 3. The third kappa shape index (κ3) is 3.37. The Morgan fingerprint density at radius 1 is 1.30 bits per heavy atom. The van der Waals surface area contributed by atoms with Crippen LogP contribution in [-0.2, 0) is 12.7 Å². The summed E-state index contributed by atoms with van der Waals surface area (Å²) in [5.74, 6) is 0.142. The highest BCUT2D eigenvalue weighted by Crippen LogP contribution is 2.29. The number of nitrogens with one attached hydrogen (secondary N) is 1. The molecule has 1 aromatic heterocycles. The molecular formula is C13H11F3N2O2. The van der Waals surface area contributed by atoms with E-state index < -0.39 is 17.6 Å². The minimum atomic E-state index is -4.41. The Morgan fingerprint density at radius 2 is 1.95 bits per heavy atom. The highest BCUT2D eigenvalue weighted by Gasteiger charge is 2.30. The molecule has 0 aliphatic heterocycles. The third-order valence-corrected chi connectivity index (χ3v) is 2.58. The van der Waals surface area contributed by atoms with Crippen LogP contribution in [0.4, 0.5) is 13.2 Å². The lowest BCUT2D eigenvalue weighted by Gasteiger charge is -2.07. The van der Waals surface area contributed by atoms with Crippen LogP contribution in [-0.4, -0.2) is 11.1 Å². The van der Waals surface area contributed by atoms with Gasteiger partial charge in [-0.25, -0.2) is 0 Å². The van der Waals surface area contributed by atoms with Gasteiger partial charge in [0.15, 0.2) is 0 Å². The van der Waals surface area contributed by atoms with Crippen LogP contribution in [0.5, 0.6) is 0 Å². The van der Waals surface area contributed by atoms with Crippen LogP contribution < -0.4 is 5.32 Å². The molecule has 20 heavy (non-hydrogen) atoms. The Balaban J connectivity index is 1.99. The quantitative estimate of drug-likeness (QED) is 0.942. The standard InChI is InChI=1S/C13H11F3N2O2/c1-8-6-11(18-20-8)7-17-12(19)9-2-4-10(5-3-9)13(14,15)16/h2-6H,7H2,1H3,(H,17,19). The zero-order valence-corrected chi connectivity index (χ0v) is 10.5. The maximum atomic E-state index is 12.4. The van der Waals surface area contributed by atoms with E-state index in [1.807, 2.05) is 0 Å². The predicted octanol–water partition coefficient (Wildman–Crippen LogP) is 2.93. The van der Waals surface area contributed by atoms with Gasteiger partial charge in [-0.2, -0.15) is 13.2 Å². The van der Waals surface area contributed by atoms with E-state index in [1.54, 1.807) is 13.0 Å². The highest BCUT2D eigenvalue weighted by molar-refractivity contribution is 5.94. The van der Waals surface area contributed by atoms with Crippen LogP contribution in [0, 0.1) is 6.92 Å². The number of hydrogen-bond acceptors (Lipinski definition) is 3. The van der Waals surface area contributed by atoms with Crippen molar-refractivity contribution in [3.05, 3.63) is 52.9 Å². The summed E-state index contributed by atoms with van der Waals surface area (Å²) < 4.78 is 41.9. The maximum absolute atomic E-state index is 12.4.